The van der Waals surface area contributed by atoms with Gasteiger partial charge in [-0.15, -0.1) is 0 Å². The molecular formula is C30H32N2O7. The molecule has 0 fully saturated rings. The van der Waals surface area contributed by atoms with Crippen LogP contribution in [0.5, 0.6) is 28.7 Å². The number of benzene rings is 3. The molecule has 204 valence electrons. The number of esters is 1. The maximum Gasteiger partial charge on any atom is 0.343 e. The van der Waals surface area contributed by atoms with Gasteiger partial charge in [-0.25, -0.2) is 4.79 Å². The minimum Gasteiger partial charge on any atom is -0.493 e. The number of carbonyl (C=O) groups is 1. The smallest absolute Gasteiger partial charge is 0.343 e. The number of hydrogen-bond acceptors (Lipinski definition) is 9. The molecule has 0 N–H and O–H groups in total. The Morgan fingerprint density at radius 2 is 1.72 bits per heavy atom. The average molecular weight is 533 g/mol. The van der Waals surface area contributed by atoms with E-state index in [1.54, 1.807) is 14.2 Å². The summed E-state index contributed by atoms with van der Waals surface area (Å²) in [5.74, 6) is 2.27. The molecule has 0 unspecified atom stereocenters. The molecule has 3 heterocycles. The molecule has 0 radical (unpaired) electrons. The first-order chi connectivity index (χ1) is 18.9. The van der Waals surface area contributed by atoms with Crippen molar-refractivity contribution in [1.82, 2.24) is 4.90 Å². The SMILES string of the molecule is COc1ccc2c(c1OC)C(=O)O[C@@H]2[C@H]1c2c(c(-c3cccc(N(C)C)c3)c3c(c2OC)OCO3)CCN1C. The number of rotatable bonds is 6. The second-order valence-electron chi connectivity index (χ2n) is 10.1. The Hall–Kier alpha value is -4.11. The molecule has 6 rings (SSSR count). The lowest BCUT2D eigenvalue weighted by Gasteiger charge is -2.39. The fourth-order valence-electron chi connectivity index (χ4n) is 6.08. The highest BCUT2D eigenvalue weighted by atomic mass is 16.7. The number of likely N-dealkylation sites (N-methyl/N-ethyl adjacent to an activating group) is 1. The zero-order valence-corrected chi connectivity index (χ0v) is 23.0. The molecule has 39 heavy (non-hydrogen) atoms. The number of nitrogens with zero attached hydrogens (tertiary/aromatic N) is 2. The molecule has 0 spiro atoms. The Morgan fingerprint density at radius 3 is 2.44 bits per heavy atom. The van der Waals surface area contributed by atoms with Gasteiger partial charge in [0.1, 0.15) is 11.7 Å². The molecule has 0 saturated carbocycles. The van der Waals surface area contributed by atoms with Crippen LogP contribution in [0.3, 0.4) is 0 Å². The summed E-state index contributed by atoms with van der Waals surface area (Å²) >= 11 is 0. The molecule has 0 amide bonds. The van der Waals surface area contributed by atoms with Crippen molar-refractivity contribution >= 4 is 11.7 Å². The topological polar surface area (TPSA) is 78.9 Å². The van der Waals surface area contributed by atoms with E-state index in [0.717, 1.165) is 46.5 Å². The van der Waals surface area contributed by atoms with Crippen LogP contribution in [0.1, 0.15) is 39.2 Å². The molecule has 3 aromatic rings. The van der Waals surface area contributed by atoms with Crippen LogP contribution in [0, 0.1) is 0 Å². The zero-order chi connectivity index (χ0) is 27.4. The van der Waals surface area contributed by atoms with E-state index in [9.17, 15) is 4.79 Å². The second kappa shape index (κ2) is 9.57. The van der Waals surface area contributed by atoms with Gasteiger partial charge in [-0.2, -0.15) is 0 Å². The van der Waals surface area contributed by atoms with Crippen LogP contribution in [0.25, 0.3) is 11.1 Å². The van der Waals surface area contributed by atoms with Gasteiger partial charge in [0.2, 0.25) is 12.5 Å². The Balaban J connectivity index is 1.60. The molecule has 3 aromatic carbocycles. The molecule has 0 aromatic heterocycles. The Bertz CT molecular complexity index is 1470. The summed E-state index contributed by atoms with van der Waals surface area (Å²) < 4.78 is 35.2. The molecule has 9 nitrogen and oxygen atoms in total. The van der Waals surface area contributed by atoms with E-state index in [1.165, 1.54) is 7.11 Å². The molecule has 0 saturated heterocycles. The van der Waals surface area contributed by atoms with E-state index in [4.69, 9.17) is 28.4 Å². The van der Waals surface area contributed by atoms with Crippen LogP contribution >= 0.6 is 0 Å². The van der Waals surface area contributed by atoms with E-state index < -0.39 is 12.1 Å². The van der Waals surface area contributed by atoms with Gasteiger partial charge >= 0.3 is 5.97 Å². The minimum absolute atomic E-state index is 0.105. The highest BCUT2D eigenvalue weighted by Gasteiger charge is 2.47. The van der Waals surface area contributed by atoms with Crippen LogP contribution in [-0.4, -0.2) is 66.7 Å². The second-order valence-corrected chi connectivity index (χ2v) is 10.1. The van der Waals surface area contributed by atoms with Crippen molar-refractivity contribution in [3.05, 3.63) is 58.7 Å². The van der Waals surface area contributed by atoms with Crippen LogP contribution < -0.4 is 28.6 Å². The highest BCUT2D eigenvalue weighted by Crippen LogP contribution is 2.59. The first-order valence-electron chi connectivity index (χ1n) is 12.9. The third-order valence-electron chi connectivity index (χ3n) is 7.87. The molecule has 3 aliphatic heterocycles. The largest absolute Gasteiger partial charge is 0.493 e. The van der Waals surface area contributed by atoms with Gasteiger partial charge in [0.05, 0.1) is 27.4 Å². The summed E-state index contributed by atoms with van der Waals surface area (Å²) in [6, 6.07) is 11.7. The maximum atomic E-state index is 13.3. The maximum absolute atomic E-state index is 13.3. The number of cyclic esters (lactones) is 1. The normalized spacial score (nSPS) is 19.3. The van der Waals surface area contributed by atoms with Gasteiger partial charge in [0, 0.05) is 43.0 Å². The van der Waals surface area contributed by atoms with Crippen LogP contribution in [0.2, 0.25) is 0 Å². The molecule has 0 bridgehead atoms. The first-order valence-corrected chi connectivity index (χ1v) is 12.9. The Morgan fingerprint density at radius 1 is 0.949 bits per heavy atom. The predicted octanol–water partition coefficient (Wildman–Crippen LogP) is 4.61. The third kappa shape index (κ3) is 3.75. The average Bonchev–Trinajstić information content (AvgIpc) is 3.55. The van der Waals surface area contributed by atoms with Crippen molar-refractivity contribution in [2.75, 3.05) is 60.7 Å². The Labute approximate surface area is 227 Å². The van der Waals surface area contributed by atoms with Crippen LogP contribution in [-0.2, 0) is 11.2 Å². The van der Waals surface area contributed by atoms with Gasteiger partial charge in [-0.1, -0.05) is 18.2 Å². The predicted molar refractivity (Wildman–Crippen MR) is 146 cm³/mol. The number of hydrogen-bond donors (Lipinski definition) is 0. The number of fused-ring (bicyclic) bond motifs is 3. The quantitative estimate of drug-likeness (QED) is 0.423. The zero-order valence-electron chi connectivity index (χ0n) is 23.0. The van der Waals surface area contributed by atoms with Crippen molar-refractivity contribution in [2.24, 2.45) is 0 Å². The lowest BCUT2D eigenvalue weighted by Crippen LogP contribution is -2.36. The highest BCUT2D eigenvalue weighted by molar-refractivity contribution is 5.98. The van der Waals surface area contributed by atoms with Crippen molar-refractivity contribution in [3.8, 4) is 39.9 Å². The summed E-state index contributed by atoms with van der Waals surface area (Å²) in [5.41, 5.74) is 6.26. The standard InChI is InChI=1S/C30H32N2O7/c1-31(2)17-9-7-8-16(14-17)21-18-12-13-32(3)24(22(18)27(36-6)29-28(21)37-15-38-29)25-19-10-11-20(34-4)26(35-5)23(19)30(33)39-25/h7-11,14,24-25H,12-13,15H2,1-6H3/t24-,25+/m1/s1. The van der Waals surface area contributed by atoms with E-state index in [0.29, 0.717) is 34.3 Å². The number of carbonyl (C=O) groups excluding carboxylic acids is 1. The minimum atomic E-state index is -0.591. The number of ether oxygens (including phenoxy) is 6. The summed E-state index contributed by atoms with van der Waals surface area (Å²) in [4.78, 5) is 17.5. The lowest BCUT2D eigenvalue weighted by molar-refractivity contribution is 0.00877. The van der Waals surface area contributed by atoms with Gasteiger partial charge < -0.3 is 33.3 Å². The number of anilines is 1. The number of methoxy groups -OCH3 is 3. The molecule has 0 aliphatic carbocycles. The summed E-state index contributed by atoms with van der Waals surface area (Å²) in [6.45, 7) is 0.852. The van der Waals surface area contributed by atoms with E-state index >= 15 is 0 Å². The fourth-order valence-corrected chi connectivity index (χ4v) is 6.08. The van der Waals surface area contributed by atoms with Crippen molar-refractivity contribution in [3.63, 3.8) is 0 Å². The first kappa shape index (κ1) is 25.2. The van der Waals surface area contributed by atoms with Gasteiger partial charge in [0.25, 0.3) is 0 Å². The van der Waals surface area contributed by atoms with E-state index in [1.807, 2.05) is 39.3 Å². The fraction of sp³-hybridized carbons (Fsp3) is 0.367. The monoisotopic (exact) mass is 532 g/mol. The molecular weight excluding hydrogens is 500 g/mol. The van der Waals surface area contributed by atoms with E-state index in [2.05, 4.69) is 28.0 Å². The van der Waals surface area contributed by atoms with Crippen molar-refractivity contribution in [2.45, 2.75) is 18.6 Å². The van der Waals surface area contributed by atoms with Gasteiger partial charge in [-0.3, -0.25) is 4.90 Å². The molecule has 9 heteroatoms. The van der Waals surface area contributed by atoms with Gasteiger partial charge in [0.15, 0.2) is 23.0 Å². The summed E-state index contributed by atoms with van der Waals surface area (Å²) in [7, 11) is 10.8. The molecule has 3 aliphatic rings. The lowest BCUT2D eigenvalue weighted by atomic mass is 9.81. The summed E-state index contributed by atoms with van der Waals surface area (Å²) in [6.07, 6.45) is 0.169. The Kier molecular flexibility index (Phi) is 6.18. The van der Waals surface area contributed by atoms with Crippen molar-refractivity contribution in [1.29, 1.82) is 0 Å². The van der Waals surface area contributed by atoms with Crippen molar-refractivity contribution < 1.29 is 33.2 Å². The van der Waals surface area contributed by atoms with Gasteiger partial charge in [-0.05, 0) is 42.8 Å². The van der Waals surface area contributed by atoms with E-state index in [-0.39, 0.29) is 12.8 Å². The summed E-state index contributed by atoms with van der Waals surface area (Å²) in [5, 5.41) is 0. The van der Waals surface area contributed by atoms with Crippen LogP contribution in [0.15, 0.2) is 36.4 Å². The van der Waals surface area contributed by atoms with Crippen LogP contribution in [0.4, 0.5) is 5.69 Å². The molecule has 2 atom stereocenters. The third-order valence-corrected chi connectivity index (χ3v) is 7.87.